The number of hydrogen-bond acceptors (Lipinski definition) is 5. The van der Waals surface area contributed by atoms with E-state index in [1.54, 1.807) is 30.3 Å². The number of rotatable bonds is 8. The third-order valence-corrected chi connectivity index (χ3v) is 3.94. The number of benzene rings is 2. The van der Waals surface area contributed by atoms with Gasteiger partial charge in [0, 0.05) is 5.69 Å². The summed E-state index contributed by atoms with van der Waals surface area (Å²) < 4.78 is 16.3. The Hall–Kier alpha value is -3.02. The quantitative estimate of drug-likeness (QED) is 0.689. The van der Waals surface area contributed by atoms with Gasteiger partial charge in [-0.25, -0.2) is 4.79 Å². The van der Waals surface area contributed by atoms with E-state index in [1.165, 1.54) is 14.0 Å². The zero-order chi connectivity index (χ0) is 20.7. The molecule has 0 aliphatic heterocycles. The number of hydrogen-bond donors (Lipinski definition) is 1. The molecule has 1 N–H and O–H groups in total. The fraction of sp³-hybridized carbons (Fsp3) is 0.364. The Kier molecular flexibility index (Phi) is 7.44. The molecule has 28 heavy (non-hydrogen) atoms. The van der Waals surface area contributed by atoms with Crippen LogP contribution in [0.1, 0.15) is 36.7 Å². The molecule has 2 aromatic carbocycles. The first-order chi connectivity index (χ1) is 13.3. The molecule has 1 amide bonds. The van der Waals surface area contributed by atoms with E-state index in [-0.39, 0.29) is 5.56 Å². The summed E-state index contributed by atoms with van der Waals surface area (Å²) in [6.07, 6.45) is -0.948. The predicted molar refractivity (Wildman–Crippen MR) is 108 cm³/mol. The molecule has 150 valence electrons. The Balaban J connectivity index is 2.00. The van der Waals surface area contributed by atoms with Crippen LogP contribution in [0.3, 0.4) is 0 Å². The molecule has 0 heterocycles. The summed E-state index contributed by atoms with van der Waals surface area (Å²) >= 11 is 0. The highest BCUT2D eigenvalue weighted by atomic mass is 16.5. The number of nitrogens with one attached hydrogen (secondary N) is 1. The van der Waals surface area contributed by atoms with Crippen LogP contribution in [0.25, 0.3) is 0 Å². The van der Waals surface area contributed by atoms with E-state index in [2.05, 4.69) is 5.32 Å². The lowest BCUT2D eigenvalue weighted by molar-refractivity contribution is -0.123. The first kappa shape index (κ1) is 21.3. The van der Waals surface area contributed by atoms with Crippen molar-refractivity contribution in [3.8, 4) is 11.5 Å². The molecule has 0 saturated heterocycles. The summed E-state index contributed by atoms with van der Waals surface area (Å²) in [4.78, 5) is 24.7. The van der Waals surface area contributed by atoms with Crippen molar-refractivity contribution in [3.05, 3.63) is 53.6 Å². The molecule has 1 unspecified atom stereocenters. The van der Waals surface area contributed by atoms with Crippen molar-refractivity contribution in [2.45, 2.75) is 33.8 Å². The van der Waals surface area contributed by atoms with Crippen LogP contribution < -0.4 is 14.8 Å². The van der Waals surface area contributed by atoms with Crippen molar-refractivity contribution in [1.29, 1.82) is 0 Å². The van der Waals surface area contributed by atoms with Gasteiger partial charge in [0.25, 0.3) is 5.91 Å². The zero-order valence-electron chi connectivity index (χ0n) is 16.9. The third-order valence-electron chi connectivity index (χ3n) is 3.94. The molecule has 0 aliphatic rings. The number of amides is 1. The van der Waals surface area contributed by atoms with Crippen LogP contribution in [0.4, 0.5) is 5.69 Å². The lowest BCUT2D eigenvalue weighted by atomic mass is 10.2. The number of anilines is 1. The van der Waals surface area contributed by atoms with E-state index in [9.17, 15) is 9.59 Å². The average molecular weight is 385 g/mol. The van der Waals surface area contributed by atoms with Gasteiger partial charge in [-0.3, -0.25) is 4.79 Å². The summed E-state index contributed by atoms with van der Waals surface area (Å²) in [5.74, 6) is 0.341. The molecule has 0 aliphatic carbocycles. The minimum atomic E-state index is -0.948. The van der Waals surface area contributed by atoms with Gasteiger partial charge in [0.2, 0.25) is 0 Å². The predicted octanol–water partition coefficient (Wildman–Crippen LogP) is 4.22. The molecule has 0 saturated carbocycles. The number of methoxy groups -OCH3 is 1. The molecule has 1 atom stereocenters. The maximum absolute atomic E-state index is 12.4. The second kappa shape index (κ2) is 9.78. The van der Waals surface area contributed by atoms with Gasteiger partial charge in [0.05, 0.1) is 19.3 Å². The van der Waals surface area contributed by atoms with E-state index in [4.69, 9.17) is 14.2 Å². The SMILES string of the molecule is COc1cc(C(=O)OC(C)C(=O)Nc2ccc(C)cc2)ccc1OCC(C)C. The van der Waals surface area contributed by atoms with Crippen molar-refractivity contribution in [2.75, 3.05) is 19.0 Å². The Morgan fingerprint density at radius 1 is 1.00 bits per heavy atom. The number of aryl methyl sites for hydroxylation is 1. The topological polar surface area (TPSA) is 73.9 Å². The van der Waals surface area contributed by atoms with Gasteiger partial charge in [-0.05, 0) is 50.1 Å². The van der Waals surface area contributed by atoms with Crippen molar-refractivity contribution >= 4 is 17.6 Å². The lowest BCUT2D eigenvalue weighted by Gasteiger charge is -2.15. The molecule has 2 aromatic rings. The normalized spacial score (nSPS) is 11.6. The molecule has 0 aromatic heterocycles. The van der Waals surface area contributed by atoms with Gasteiger partial charge in [-0.15, -0.1) is 0 Å². The Morgan fingerprint density at radius 2 is 1.68 bits per heavy atom. The van der Waals surface area contributed by atoms with Crippen molar-refractivity contribution in [1.82, 2.24) is 0 Å². The molecule has 0 fully saturated rings. The lowest BCUT2D eigenvalue weighted by Crippen LogP contribution is -2.30. The van der Waals surface area contributed by atoms with Gasteiger partial charge >= 0.3 is 5.97 Å². The van der Waals surface area contributed by atoms with E-state index in [0.717, 1.165) is 5.56 Å². The highest BCUT2D eigenvalue weighted by molar-refractivity contribution is 5.97. The van der Waals surface area contributed by atoms with Crippen LogP contribution in [-0.4, -0.2) is 31.7 Å². The van der Waals surface area contributed by atoms with Gasteiger partial charge in [0.1, 0.15) is 0 Å². The third kappa shape index (κ3) is 6.01. The zero-order valence-corrected chi connectivity index (χ0v) is 16.9. The van der Waals surface area contributed by atoms with Crippen LogP contribution in [-0.2, 0) is 9.53 Å². The maximum atomic E-state index is 12.4. The van der Waals surface area contributed by atoms with Crippen molar-refractivity contribution in [3.63, 3.8) is 0 Å². The molecular formula is C22H27NO5. The Morgan fingerprint density at radius 3 is 2.29 bits per heavy atom. The Bertz CT molecular complexity index is 814. The van der Waals surface area contributed by atoms with Crippen LogP contribution in [0.5, 0.6) is 11.5 Å². The van der Waals surface area contributed by atoms with Gasteiger partial charge < -0.3 is 19.5 Å². The number of esters is 1. The second-order valence-electron chi connectivity index (χ2n) is 6.97. The standard InChI is InChI=1S/C22H27NO5/c1-14(2)13-27-19-11-8-17(12-20(19)26-5)22(25)28-16(4)21(24)23-18-9-6-15(3)7-10-18/h6-12,14,16H,13H2,1-5H3,(H,23,24). The van der Waals surface area contributed by atoms with Gasteiger partial charge in [0.15, 0.2) is 17.6 Å². The highest BCUT2D eigenvalue weighted by Crippen LogP contribution is 2.29. The van der Waals surface area contributed by atoms with Crippen LogP contribution in [0.2, 0.25) is 0 Å². The van der Waals surface area contributed by atoms with E-state index in [1.807, 2.05) is 32.9 Å². The van der Waals surface area contributed by atoms with E-state index in [0.29, 0.717) is 29.7 Å². The van der Waals surface area contributed by atoms with Crippen LogP contribution >= 0.6 is 0 Å². The molecular weight excluding hydrogens is 358 g/mol. The maximum Gasteiger partial charge on any atom is 0.339 e. The molecule has 0 radical (unpaired) electrons. The largest absolute Gasteiger partial charge is 0.493 e. The molecule has 6 heteroatoms. The summed E-state index contributed by atoms with van der Waals surface area (Å²) in [6.45, 7) is 8.11. The fourth-order valence-electron chi connectivity index (χ4n) is 2.33. The highest BCUT2D eigenvalue weighted by Gasteiger charge is 2.20. The Labute approximate surface area is 165 Å². The summed E-state index contributed by atoms with van der Waals surface area (Å²) in [5, 5.41) is 2.72. The van der Waals surface area contributed by atoms with Crippen LogP contribution in [0, 0.1) is 12.8 Å². The van der Waals surface area contributed by atoms with Gasteiger partial charge in [-0.1, -0.05) is 31.5 Å². The minimum absolute atomic E-state index is 0.281. The minimum Gasteiger partial charge on any atom is -0.493 e. The molecule has 6 nitrogen and oxygen atoms in total. The van der Waals surface area contributed by atoms with E-state index < -0.39 is 18.0 Å². The second-order valence-corrected chi connectivity index (χ2v) is 6.97. The first-order valence-corrected chi connectivity index (χ1v) is 9.19. The molecule has 0 spiro atoms. The molecule has 0 bridgehead atoms. The van der Waals surface area contributed by atoms with E-state index >= 15 is 0 Å². The fourth-order valence-corrected chi connectivity index (χ4v) is 2.33. The van der Waals surface area contributed by atoms with Crippen molar-refractivity contribution < 1.29 is 23.8 Å². The number of carbonyl (C=O) groups is 2. The number of carbonyl (C=O) groups excluding carboxylic acids is 2. The van der Waals surface area contributed by atoms with Crippen molar-refractivity contribution in [2.24, 2.45) is 5.92 Å². The van der Waals surface area contributed by atoms with Crippen LogP contribution in [0.15, 0.2) is 42.5 Å². The first-order valence-electron chi connectivity index (χ1n) is 9.19. The smallest absolute Gasteiger partial charge is 0.339 e. The van der Waals surface area contributed by atoms with Gasteiger partial charge in [-0.2, -0.15) is 0 Å². The number of ether oxygens (including phenoxy) is 3. The molecule has 2 rings (SSSR count). The summed E-state index contributed by atoms with van der Waals surface area (Å²) in [7, 11) is 1.50. The summed E-state index contributed by atoms with van der Waals surface area (Å²) in [6, 6.07) is 12.2. The monoisotopic (exact) mass is 385 g/mol. The average Bonchev–Trinajstić information content (AvgIpc) is 2.67. The summed E-state index contributed by atoms with van der Waals surface area (Å²) in [5.41, 5.74) is 2.02.